The van der Waals surface area contributed by atoms with Crippen LogP contribution in [0.15, 0.2) is 66.1 Å². The van der Waals surface area contributed by atoms with Crippen molar-refractivity contribution in [3.05, 3.63) is 78.3 Å². The largest absolute Gasteiger partial charge is 0.493 e. The smallest absolute Gasteiger partial charge is 0.262 e. The Morgan fingerprint density at radius 2 is 1.67 bits per heavy atom. The Hall–Kier alpha value is -2.78. The van der Waals surface area contributed by atoms with E-state index in [0.29, 0.717) is 5.75 Å². The Labute approximate surface area is 173 Å². The highest BCUT2D eigenvalue weighted by Crippen LogP contribution is 2.36. The lowest BCUT2D eigenvalue weighted by Crippen LogP contribution is -2.30. The molecule has 1 fully saturated rings. The number of imidazole rings is 1. The van der Waals surface area contributed by atoms with Crippen LogP contribution in [0, 0.1) is 17.6 Å². The molecule has 1 saturated heterocycles. The van der Waals surface area contributed by atoms with E-state index in [9.17, 15) is 17.2 Å². The Morgan fingerprint density at radius 1 is 1.03 bits per heavy atom. The van der Waals surface area contributed by atoms with Gasteiger partial charge in [0.05, 0.1) is 12.9 Å². The molecular formula is C21H21F2N3O3S. The summed E-state index contributed by atoms with van der Waals surface area (Å²) in [7, 11) is -2.06. The van der Waals surface area contributed by atoms with Crippen molar-refractivity contribution in [2.75, 3.05) is 19.7 Å². The molecule has 0 radical (unpaired) electrons. The van der Waals surface area contributed by atoms with Gasteiger partial charge in [-0.3, -0.25) is 0 Å². The van der Waals surface area contributed by atoms with Crippen molar-refractivity contribution >= 4 is 10.0 Å². The predicted octanol–water partition coefficient (Wildman–Crippen LogP) is 3.18. The maximum atomic E-state index is 13.4. The van der Waals surface area contributed by atoms with Crippen LogP contribution in [0.4, 0.5) is 8.78 Å². The highest BCUT2D eigenvalue weighted by atomic mass is 32.2. The average Bonchev–Trinajstić information content (AvgIpc) is 3.35. The summed E-state index contributed by atoms with van der Waals surface area (Å²) in [4.78, 5) is 3.99. The lowest BCUT2D eigenvalue weighted by Gasteiger charge is -2.19. The zero-order chi connectivity index (χ0) is 21.3. The van der Waals surface area contributed by atoms with E-state index in [1.807, 2.05) is 0 Å². The van der Waals surface area contributed by atoms with Crippen LogP contribution in [0.25, 0.3) is 0 Å². The van der Waals surface area contributed by atoms with Gasteiger partial charge in [-0.1, -0.05) is 12.1 Å². The normalized spacial score (nSPS) is 19.8. The molecule has 4 rings (SSSR count). The fraction of sp³-hybridized carbons (Fsp3) is 0.286. The molecule has 158 valence electrons. The Kier molecular flexibility index (Phi) is 5.57. The summed E-state index contributed by atoms with van der Waals surface area (Å²) in [5.41, 5.74) is 0.836. The van der Waals surface area contributed by atoms with Crippen molar-refractivity contribution in [1.29, 1.82) is 0 Å². The summed E-state index contributed by atoms with van der Waals surface area (Å²) in [5.74, 6) is -0.558. The summed E-state index contributed by atoms with van der Waals surface area (Å²) >= 11 is 0. The van der Waals surface area contributed by atoms with Gasteiger partial charge in [0.1, 0.15) is 17.4 Å². The molecule has 9 heteroatoms. The third-order valence-corrected chi connectivity index (χ3v) is 6.99. The average molecular weight is 433 g/mol. The van der Waals surface area contributed by atoms with E-state index >= 15 is 0 Å². The molecule has 2 aromatic carbocycles. The van der Waals surface area contributed by atoms with Gasteiger partial charge in [0, 0.05) is 38.2 Å². The van der Waals surface area contributed by atoms with Gasteiger partial charge < -0.3 is 9.30 Å². The van der Waals surface area contributed by atoms with Crippen LogP contribution >= 0.6 is 0 Å². The quantitative estimate of drug-likeness (QED) is 0.599. The van der Waals surface area contributed by atoms with E-state index < -0.39 is 10.0 Å². The minimum absolute atomic E-state index is 0.0111. The highest BCUT2D eigenvalue weighted by Gasteiger charge is 2.41. The molecule has 0 bridgehead atoms. The van der Waals surface area contributed by atoms with Gasteiger partial charge in [0.15, 0.2) is 5.03 Å². The van der Waals surface area contributed by atoms with Crippen molar-refractivity contribution in [2.45, 2.75) is 10.9 Å². The topological polar surface area (TPSA) is 64.4 Å². The van der Waals surface area contributed by atoms with Crippen molar-refractivity contribution in [3.63, 3.8) is 0 Å². The summed E-state index contributed by atoms with van der Waals surface area (Å²) in [5, 5.41) is -0.0111. The number of benzene rings is 2. The third kappa shape index (κ3) is 4.22. The standard InChI is InChI=1S/C21H21F2N3O3S/c1-25-12-21(24-14-25)30(27,28)26-10-16(13-29-19-8-6-18(23)7-9-19)20(11-26)15-2-4-17(22)5-3-15/h2-9,12,14,16,20H,10-11,13H2,1H3/t16-,20-/m1/s1. The molecule has 0 amide bonds. The number of hydrogen-bond acceptors (Lipinski definition) is 4. The number of ether oxygens (including phenoxy) is 1. The summed E-state index contributed by atoms with van der Waals surface area (Å²) in [6, 6.07) is 11.7. The molecule has 2 heterocycles. The molecule has 1 aliphatic heterocycles. The monoisotopic (exact) mass is 433 g/mol. The van der Waals surface area contributed by atoms with Crippen molar-refractivity contribution < 1.29 is 21.9 Å². The first-order chi connectivity index (χ1) is 14.3. The SMILES string of the molecule is Cn1cnc(S(=O)(=O)N2C[C@H](COc3ccc(F)cc3)[C@@H](c3ccc(F)cc3)C2)c1. The fourth-order valence-electron chi connectivity index (χ4n) is 3.67. The lowest BCUT2D eigenvalue weighted by atomic mass is 9.89. The Balaban J connectivity index is 1.58. The first kappa shape index (κ1) is 20.5. The minimum Gasteiger partial charge on any atom is -0.493 e. The number of nitrogens with zero attached hydrogens (tertiary/aromatic N) is 3. The van der Waals surface area contributed by atoms with Crippen LogP contribution < -0.4 is 4.74 Å². The van der Waals surface area contributed by atoms with Crippen LogP contribution in [-0.2, 0) is 17.1 Å². The van der Waals surface area contributed by atoms with Gasteiger partial charge in [-0.05, 0) is 42.0 Å². The van der Waals surface area contributed by atoms with Crippen LogP contribution in [0.3, 0.4) is 0 Å². The predicted molar refractivity (Wildman–Crippen MR) is 106 cm³/mol. The second-order valence-corrected chi connectivity index (χ2v) is 9.27. The van der Waals surface area contributed by atoms with Crippen molar-refractivity contribution in [2.24, 2.45) is 13.0 Å². The van der Waals surface area contributed by atoms with Crippen LogP contribution in [0.1, 0.15) is 11.5 Å². The van der Waals surface area contributed by atoms with Gasteiger partial charge in [-0.25, -0.2) is 22.2 Å². The molecule has 3 aromatic rings. The van der Waals surface area contributed by atoms with Gasteiger partial charge in [-0.2, -0.15) is 4.31 Å². The fourth-order valence-corrected chi connectivity index (χ4v) is 5.16. The minimum atomic E-state index is -3.77. The summed E-state index contributed by atoms with van der Waals surface area (Å²) in [6.45, 7) is 0.714. The van der Waals surface area contributed by atoms with E-state index in [0.717, 1.165) is 5.56 Å². The number of sulfonamides is 1. The molecule has 30 heavy (non-hydrogen) atoms. The number of rotatable bonds is 6. The molecule has 0 N–H and O–H groups in total. The number of halogens is 2. The Morgan fingerprint density at radius 3 is 2.27 bits per heavy atom. The second-order valence-electron chi connectivity index (χ2n) is 7.38. The van der Waals surface area contributed by atoms with E-state index in [2.05, 4.69) is 4.98 Å². The Bertz CT molecular complexity index is 1120. The van der Waals surface area contributed by atoms with E-state index in [1.54, 1.807) is 23.7 Å². The van der Waals surface area contributed by atoms with E-state index in [1.165, 1.54) is 53.2 Å². The third-order valence-electron chi connectivity index (χ3n) is 5.27. The molecule has 0 spiro atoms. The van der Waals surface area contributed by atoms with Crippen LogP contribution in [0.2, 0.25) is 0 Å². The summed E-state index contributed by atoms with van der Waals surface area (Å²) < 4.78 is 61.4. The number of aryl methyl sites for hydroxylation is 1. The van der Waals surface area contributed by atoms with Crippen LogP contribution in [0.5, 0.6) is 5.75 Å². The number of aromatic nitrogens is 2. The van der Waals surface area contributed by atoms with E-state index in [4.69, 9.17) is 4.74 Å². The molecule has 0 aliphatic carbocycles. The first-order valence-corrected chi connectivity index (χ1v) is 10.9. The van der Waals surface area contributed by atoms with Gasteiger partial charge in [0.25, 0.3) is 10.0 Å². The first-order valence-electron chi connectivity index (χ1n) is 9.45. The molecule has 0 unspecified atom stereocenters. The zero-order valence-electron chi connectivity index (χ0n) is 16.3. The highest BCUT2D eigenvalue weighted by molar-refractivity contribution is 7.89. The van der Waals surface area contributed by atoms with Crippen LogP contribution in [-0.4, -0.2) is 42.0 Å². The van der Waals surface area contributed by atoms with E-state index in [-0.39, 0.29) is 48.2 Å². The van der Waals surface area contributed by atoms with Crippen molar-refractivity contribution in [1.82, 2.24) is 13.9 Å². The molecule has 0 saturated carbocycles. The zero-order valence-corrected chi connectivity index (χ0v) is 17.1. The van der Waals surface area contributed by atoms with Gasteiger partial charge in [0.2, 0.25) is 0 Å². The molecular weight excluding hydrogens is 412 g/mol. The molecule has 2 atom stereocenters. The van der Waals surface area contributed by atoms with Gasteiger partial charge in [-0.15, -0.1) is 0 Å². The van der Waals surface area contributed by atoms with Crippen molar-refractivity contribution in [3.8, 4) is 5.75 Å². The molecule has 6 nitrogen and oxygen atoms in total. The van der Waals surface area contributed by atoms with Gasteiger partial charge >= 0.3 is 0 Å². The maximum absolute atomic E-state index is 13.4. The maximum Gasteiger partial charge on any atom is 0.262 e. The second kappa shape index (κ2) is 8.16. The summed E-state index contributed by atoms with van der Waals surface area (Å²) in [6.07, 6.45) is 2.90. The lowest BCUT2D eigenvalue weighted by molar-refractivity contribution is 0.244. The molecule has 1 aliphatic rings. The molecule has 1 aromatic heterocycles. The number of hydrogen-bond donors (Lipinski definition) is 0.